The summed E-state index contributed by atoms with van der Waals surface area (Å²) in [5, 5.41) is 9.15. The molecule has 8 nitrogen and oxygen atoms in total. The van der Waals surface area contributed by atoms with Gasteiger partial charge in [0, 0.05) is 26.2 Å². The quantitative estimate of drug-likeness (QED) is 0.147. The van der Waals surface area contributed by atoms with Gasteiger partial charge in [0.15, 0.2) is 0 Å². The molecule has 3 aliphatic heterocycles. The largest absolute Gasteiger partial charge is 0.465 e. The SMILES string of the molecule is C=CCCCOC(=O)[C@@H]1[C@H]2C(=O)N(CCCCCCO)C(C(=O)N(CC=C)CCCCC)C23CC[C@@]1(CC)O3. The van der Waals surface area contributed by atoms with E-state index in [4.69, 9.17) is 14.6 Å². The van der Waals surface area contributed by atoms with Crippen molar-refractivity contribution >= 4 is 17.8 Å². The third kappa shape index (κ3) is 6.27. The van der Waals surface area contributed by atoms with Crippen molar-refractivity contribution in [3.63, 3.8) is 0 Å². The van der Waals surface area contributed by atoms with E-state index >= 15 is 0 Å². The number of allylic oxidation sites excluding steroid dienone is 1. The fraction of sp³-hybridized carbons (Fsp3) is 0.774. The molecule has 3 aliphatic rings. The predicted molar refractivity (Wildman–Crippen MR) is 151 cm³/mol. The number of hydrogen-bond donors (Lipinski definition) is 1. The fourth-order valence-electron chi connectivity index (χ4n) is 7.01. The zero-order chi connectivity index (χ0) is 28.5. The van der Waals surface area contributed by atoms with Crippen LogP contribution in [-0.2, 0) is 23.9 Å². The van der Waals surface area contributed by atoms with Gasteiger partial charge in [-0.2, -0.15) is 0 Å². The number of ether oxygens (including phenoxy) is 2. The Labute approximate surface area is 234 Å². The Morgan fingerprint density at radius 3 is 2.54 bits per heavy atom. The molecule has 0 aromatic carbocycles. The number of nitrogens with zero attached hydrogens (tertiary/aromatic N) is 2. The molecular formula is C31H50N2O6. The van der Waals surface area contributed by atoms with Crippen molar-refractivity contribution < 1.29 is 29.0 Å². The predicted octanol–water partition coefficient (Wildman–Crippen LogP) is 4.41. The normalized spacial score (nSPS) is 28.9. The Hall–Kier alpha value is -2.19. The van der Waals surface area contributed by atoms with Crippen molar-refractivity contribution in [2.45, 2.75) is 108 Å². The van der Waals surface area contributed by atoms with Gasteiger partial charge in [-0.05, 0) is 51.4 Å². The molecule has 8 heteroatoms. The molecule has 3 fully saturated rings. The van der Waals surface area contributed by atoms with E-state index in [0.717, 1.165) is 51.4 Å². The van der Waals surface area contributed by atoms with E-state index in [0.29, 0.717) is 45.3 Å². The molecule has 220 valence electrons. The summed E-state index contributed by atoms with van der Waals surface area (Å²) in [4.78, 5) is 45.6. The van der Waals surface area contributed by atoms with E-state index in [-0.39, 0.29) is 31.0 Å². The number of carbonyl (C=O) groups is 3. The number of aliphatic hydroxyl groups excluding tert-OH is 1. The Balaban J connectivity index is 1.94. The molecule has 1 spiro atoms. The average Bonchev–Trinajstić information content (AvgIpc) is 3.54. The molecule has 0 aliphatic carbocycles. The van der Waals surface area contributed by atoms with Crippen molar-refractivity contribution in [2.75, 3.05) is 32.8 Å². The molecule has 0 aromatic rings. The first-order valence-electron chi connectivity index (χ1n) is 15.2. The average molecular weight is 547 g/mol. The number of aliphatic hydroxyl groups is 1. The summed E-state index contributed by atoms with van der Waals surface area (Å²) in [5.74, 6) is -2.08. The Morgan fingerprint density at radius 2 is 1.87 bits per heavy atom. The fourth-order valence-corrected chi connectivity index (χ4v) is 7.01. The van der Waals surface area contributed by atoms with Gasteiger partial charge in [0.05, 0.1) is 18.1 Å². The van der Waals surface area contributed by atoms with Gasteiger partial charge in [0.2, 0.25) is 11.8 Å². The Kier molecular flexibility index (Phi) is 11.6. The van der Waals surface area contributed by atoms with E-state index in [1.807, 2.05) is 11.8 Å². The van der Waals surface area contributed by atoms with Crippen molar-refractivity contribution in [3.8, 4) is 0 Å². The molecule has 3 rings (SSSR count). The van der Waals surface area contributed by atoms with Gasteiger partial charge in [0.25, 0.3) is 0 Å². The molecule has 3 heterocycles. The number of esters is 1. The molecule has 0 radical (unpaired) electrons. The number of likely N-dealkylation sites (tertiary alicyclic amines) is 1. The standard InChI is InChI=1S/C31H50N2O6/c1-5-9-13-20-32(19-7-3)28(36)26-31-18-17-30(8-4,39-31)25(29(37)38-23-16-10-6-2)24(31)27(35)33(26)21-14-11-12-15-22-34/h6-7,24-26,34H,2-3,5,8-23H2,1,4H3/t24-,25-,26?,30+,31?/m0/s1. The van der Waals surface area contributed by atoms with E-state index in [1.165, 1.54) is 0 Å². The minimum atomic E-state index is -1.02. The van der Waals surface area contributed by atoms with Gasteiger partial charge in [-0.25, -0.2) is 0 Å². The smallest absolute Gasteiger partial charge is 0.312 e. The van der Waals surface area contributed by atoms with Crippen LogP contribution in [0.25, 0.3) is 0 Å². The van der Waals surface area contributed by atoms with Crippen LogP contribution < -0.4 is 0 Å². The zero-order valence-electron chi connectivity index (χ0n) is 24.2. The first-order chi connectivity index (χ1) is 18.9. The van der Waals surface area contributed by atoms with Gasteiger partial charge in [-0.15, -0.1) is 13.2 Å². The summed E-state index contributed by atoms with van der Waals surface area (Å²) in [5.41, 5.74) is -1.81. The van der Waals surface area contributed by atoms with Crippen LogP contribution in [0.4, 0.5) is 0 Å². The maximum atomic E-state index is 14.3. The molecule has 39 heavy (non-hydrogen) atoms. The minimum absolute atomic E-state index is 0.107. The molecular weight excluding hydrogens is 496 g/mol. The highest BCUT2D eigenvalue weighted by Crippen LogP contribution is 2.64. The second kappa shape index (κ2) is 14.4. The lowest BCUT2D eigenvalue weighted by Gasteiger charge is -2.37. The van der Waals surface area contributed by atoms with Gasteiger partial charge in [-0.3, -0.25) is 14.4 Å². The summed E-state index contributed by atoms with van der Waals surface area (Å²) >= 11 is 0. The summed E-state index contributed by atoms with van der Waals surface area (Å²) in [6.45, 7) is 13.6. The number of unbranched alkanes of at least 4 members (excludes halogenated alkanes) is 6. The van der Waals surface area contributed by atoms with E-state index in [9.17, 15) is 14.4 Å². The van der Waals surface area contributed by atoms with Crippen LogP contribution in [-0.4, -0.2) is 82.8 Å². The van der Waals surface area contributed by atoms with E-state index in [1.54, 1.807) is 17.1 Å². The highest BCUT2D eigenvalue weighted by Gasteiger charge is 2.79. The van der Waals surface area contributed by atoms with Crippen LogP contribution in [0.15, 0.2) is 25.3 Å². The van der Waals surface area contributed by atoms with Crippen molar-refractivity contribution in [1.29, 1.82) is 0 Å². The lowest BCUT2D eigenvalue weighted by molar-refractivity contribution is -0.162. The number of carbonyl (C=O) groups excluding carboxylic acids is 3. The third-order valence-corrected chi connectivity index (χ3v) is 8.97. The van der Waals surface area contributed by atoms with Crippen LogP contribution >= 0.6 is 0 Å². The molecule has 1 N–H and O–H groups in total. The van der Waals surface area contributed by atoms with Crippen molar-refractivity contribution in [3.05, 3.63) is 25.3 Å². The lowest BCUT2D eigenvalue weighted by atomic mass is 9.65. The molecule has 2 bridgehead atoms. The number of rotatable bonds is 19. The summed E-state index contributed by atoms with van der Waals surface area (Å²) in [6.07, 6.45) is 12.8. The molecule has 3 saturated heterocycles. The van der Waals surface area contributed by atoms with Gasteiger partial charge in [0.1, 0.15) is 17.6 Å². The first-order valence-corrected chi connectivity index (χ1v) is 15.2. The second-order valence-corrected chi connectivity index (χ2v) is 11.4. The summed E-state index contributed by atoms with van der Waals surface area (Å²) in [6, 6.07) is -0.763. The molecule has 0 saturated carbocycles. The topological polar surface area (TPSA) is 96.4 Å². The van der Waals surface area contributed by atoms with E-state index < -0.39 is 29.1 Å². The molecule has 0 aromatic heterocycles. The number of amides is 2. The maximum Gasteiger partial charge on any atom is 0.312 e. The molecule has 5 atom stereocenters. The zero-order valence-corrected chi connectivity index (χ0v) is 24.2. The van der Waals surface area contributed by atoms with Gasteiger partial charge < -0.3 is 24.4 Å². The van der Waals surface area contributed by atoms with Crippen LogP contribution in [0.5, 0.6) is 0 Å². The highest BCUT2D eigenvalue weighted by atomic mass is 16.6. The molecule has 2 amide bonds. The number of fused-ring (bicyclic) bond motifs is 1. The van der Waals surface area contributed by atoms with Gasteiger partial charge >= 0.3 is 5.97 Å². The number of hydrogen-bond acceptors (Lipinski definition) is 6. The molecule has 2 unspecified atom stereocenters. The Morgan fingerprint density at radius 1 is 1.10 bits per heavy atom. The van der Waals surface area contributed by atoms with Gasteiger partial charge in [-0.1, -0.05) is 51.7 Å². The minimum Gasteiger partial charge on any atom is -0.465 e. The second-order valence-electron chi connectivity index (χ2n) is 11.4. The summed E-state index contributed by atoms with van der Waals surface area (Å²) in [7, 11) is 0. The Bertz CT molecular complexity index is 877. The van der Waals surface area contributed by atoms with Crippen LogP contribution in [0, 0.1) is 11.8 Å². The van der Waals surface area contributed by atoms with Crippen molar-refractivity contribution in [1.82, 2.24) is 9.80 Å². The van der Waals surface area contributed by atoms with E-state index in [2.05, 4.69) is 20.1 Å². The first kappa shape index (κ1) is 31.3. The highest BCUT2D eigenvalue weighted by molar-refractivity contribution is 5.98. The third-order valence-electron chi connectivity index (χ3n) is 8.97. The lowest BCUT2D eigenvalue weighted by Crippen LogP contribution is -2.56. The van der Waals surface area contributed by atoms with Crippen LogP contribution in [0.1, 0.15) is 90.9 Å². The van der Waals surface area contributed by atoms with Crippen molar-refractivity contribution in [2.24, 2.45) is 11.8 Å². The van der Waals surface area contributed by atoms with Crippen LogP contribution in [0.2, 0.25) is 0 Å². The maximum absolute atomic E-state index is 14.3. The monoisotopic (exact) mass is 546 g/mol. The van der Waals surface area contributed by atoms with Crippen LogP contribution in [0.3, 0.4) is 0 Å². The summed E-state index contributed by atoms with van der Waals surface area (Å²) < 4.78 is 12.5.